The van der Waals surface area contributed by atoms with Crippen LogP contribution in [0.5, 0.6) is 5.75 Å². The molecule has 1 fully saturated rings. The van der Waals surface area contributed by atoms with Crippen LogP contribution >= 0.6 is 0 Å². The van der Waals surface area contributed by atoms with E-state index >= 15 is 0 Å². The number of halogens is 3. The number of aryl methyl sites for hydroxylation is 1. The number of alkyl halides is 3. The van der Waals surface area contributed by atoms with Gasteiger partial charge in [-0.05, 0) is 25.0 Å². The van der Waals surface area contributed by atoms with Crippen molar-refractivity contribution in [2.24, 2.45) is 12.8 Å². The highest BCUT2D eigenvalue weighted by Gasteiger charge is 2.26. The Labute approximate surface area is 170 Å². The van der Waals surface area contributed by atoms with E-state index in [0.717, 1.165) is 48.6 Å². The number of hydrogen-bond acceptors (Lipinski definition) is 4. The van der Waals surface area contributed by atoms with E-state index in [1.165, 1.54) is 0 Å². The Bertz CT molecular complexity index is 736. The molecule has 1 aromatic heterocycles. The molecule has 1 saturated heterocycles. The van der Waals surface area contributed by atoms with Gasteiger partial charge in [0.15, 0.2) is 11.0 Å². The van der Waals surface area contributed by atoms with Crippen LogP contribution in [0.4, 0.5) is 13.2 Å². The van der Waals surface area contributed by atoms with E-state index in [4.69, 9.17) is 20.3 Å². The minimum absolute atomic E-state index is 0.0107. The van der Waals surface area contributed by atoms with Gasteiger partial charge in [-0.25, -0.2) is 9.13 Å². The van der Waals surface area contributed by atoms with Crippen LogP contribution in [-0.2, 0) is 24.9 Å². The zero-order valence-corrected chi connectivity index (χ0v) is 17.6. The van der Waals surface area contributed by atoms with Crippen molar-refractivity contribution >= 4 is 11.0 Å². The lowest BCUT2D eigenvalue weighted by molar-refractivity contribution is -0.654. The summed E-state index contributed by atoms with van der Waals surface area (Å²) in [4.78, 5) is 0. The number of aromatic nitrogens is 2. The molecule has 1 aliphatic heterocycles. The minimum atomic E-state index is -4.00. The number of ether oxygens (including phenoxy) is 2. The van der Waals surface area contributed by atoms with Crippen LogP contribution in [-0.4, -0.2) is 41.8 Å². The zero-order valence-electron chi connectivity index (χ0n) is 17.6. The molecule has 0 radical (unpaired) electrons. The molecule has 29 heavy (non-hydrogen) atoms. The predicted octanol–water partition coefficient (Wildman–Crippen LogP) is 3.07. The largest absolute Gasteiger partial charge is 0.491 e. The molecule has 0 amide bonds. The van der Waals surface area contributed by atoms with E-state index in [2.05, 4.69) is 9.13 Å². The average molecular weight is 420 g/mol. The quantitative estimate of drug-likeness (QED) is 0.705. The maximum atomic E-state index is 10.4. The minimum Gasteiger partial charge on any atom is -0.491 e. The molecule has 3 rings (SSSR count). The van der Waals surface area contributed by atoms with Gasteiger partial charge in [-0.1, -0.05) is 13.8 Å². The molecule has 0 bridgehead atoms. The number of aliphatic hydroxyl groups excluding tert-OH is 1. The highest BCUT2D eigenvalue weighted by molar-refractivity contribution is 5.74. The summed E-state index contributed by atoms with van der Waals surface area (Å²) in [5, 5.41) is 8.90. The number of imidazole rings is 1. The van der Waals surface area contributed by atoms with Crippen molar-refractivity contribution in [2.75, 3.05) is 19.8 Å². The summed E-state index contributed by atoms with van der Waals surface area (Å²) in [6.45, 7) is 6.63. The molecule has 1 aliphatic rings. The number of nitrogens with two attached hydrogens (primary N) is 1. The topological polar surface area (TPSA) is 73.5 Å². The summed E-state index contributed by atoms with van der Waals surface area (Å²) >= 11 is 0. The standard InChI is InChI=1S/C16H24N3O3.C2H3F3.C2H6/c1-18-14-5-4-12(22-8-6-20)9-15(14)19(16(18)10-17)11-13-3-2-7-21-13;1-2(3,4)5;1-2/h4-5,9,13,20H,2-3,6-8,10-11,17H2,1H3;1H3;1-2H3/q+1;;. The molecular formula is C20H33F3N3O3+. The third-order valence-electron chi connectivity index (χ3n) is 4.25. The van der Waals surface area contributed by atoms with Crippen molar-refractivity contribution in [3.05, 3.63) is 24.0 Å². The van der Waals surface area contributed by atoms with Crippen molar-refractivity contribution in [1.29, 1.82) is 0 Å². The molecular weight excluding hydrogens is 387 g/mol. The fraction of sp³-hybridized carbons (Fsp3) is 0.650. The maximum absolute atomic E-state index is 10.4. The van der Waals surface area contributed by atoms with Gasteiger partial charge < -0.3 is 20.3 Å². The van der Waals surface area contributed by atoms with Gasteiger partial charge in [-0.15, -0.1) is 0 Å². The van der Waals surface area contributed by atoms with E-state index < -0.39 is 6.18 Å². The fourth-order valence-electron chi connectivity index (χ4n) is 3.16. The molecule has 0 aliphatic carbocycles. The number of aliphatic hydroxyl groups is 1. The summed E-state index contributed by atoms with van der Waals surface area (Å²) in [6, 6.07) is 5.97. The van der Waals surface area contributed by atoms with E-state index in [1.807, 2.05) is 39.1 Å². The SMILES string of the molecule is CC.CC(F)(F)F.C[n+]1c(CN)n(CC2CCCO2)c2cc(OCCO)ccc21. The number of hydrogen-bond donors (Lipinski definition) is 2. The predicted molar refractivity (Wildman–Crippen MR) is 106 cm³/mol. The van der Waals surface area contributed by atoms with Gasteiger partial charge in [0.2, 0.25) is 0 Å². The van der Waals surface area contributed by atoms with Gasteiger partial charge >= 0.3 is 6.18 Å². The Kier molecular flexibility index (Phi) is 10.4. The van der Waals surface area contributed by atoms with E-state index in [-0.39, 0.29) is 19.6 Å². The van der Waals surface area contributed by atoms with Gasteiger partial charge in [-0.3, -0.25) is 0 Å². The molecule has 166 valence electrons. The molecule has 1 unspecified atom stereocenters. The van der Waals surface area contributed by atoms with E-state index in [0.29, 0.717) is 13.2 Å². The van der Waals surface area contributed by atoms with Gasteiger partial charge in [0.05, 0.1) is 26.3 Å². The van der Waals surface area contributed by atoms with Crippen molar-refractivity contribution in [1.82, 2.24) is 4.57 Å². The van der Waals surface area contributed by atoms with Gasteiger partial charge in [-0.2, -0.15) is 13.2 Å². The molecule has 1 atom stereocenters. The molecule has 9 heteroatoms. The molecule has 0 saturated carbocycles. The highest BCUT2D eigenvalue weighted by Crippen LogP contribution is 2.23. The Morgan fingerprint density at radius 2 is 2.00 bits per heavy atom. The first kappa shape index (κ1) is 25.2. The molecule has 2 aromatic rings. The Hall–Kier alpha value is -1.84. The van der Waals surface area contributed by atoms with E-state index in [9.17, 15) is 13.2 Å². The van der Waals surface area contributed by atoms with Crippen molar-refractivity contribution < 1.29 is 32.3 Å². The lowest BCUT2D eigenvalue weighted by Crippen LogP contribution is -2.35. The van der Waals surface area contributed by atoms with Gasteiger partial charge in [0, 0.05) is 19.6 Å². The van der Waals surface area contributed by atoms with Gasteiger partial charge in [0.1, 0.15) is 18.9 Å². The van der Waals surface area contributed by atoms with Crippen LogP contribution in [0.15, 0.2) is 18.2 Å². The third kappa shape index (κ3) is 7.83. The van der Waals surface area contributed by atoms with Crippen LogP contribution in [0.3, 0.4) is 0 Å². The fourth-order valence-corrected chi connectivity index (χ4v) is 3.16. The van der Waals surface area contributed by atoms with Crippen LogP contribution in [0.1, 0.15) is 39.4 Å². The maximum Gasteiger partial charge on any atom is 0.386 e. The Morgan fingerprint density at radius 1 is 1.34 bits per heavy atom. The first-order valence-electron chi connectivity index (χ1n) is 9.87. The molecule has 2 heterocycles. The van der Waals surface area contributed by atoms with Crippen molar-refractivity contribution in [2.45, 2.75) is 59.0 Å². The summed E-state index contributed by atoms with van der Waals surface area (Å²) in [6.07, 6.45) is -1.53. The average Bonchev–Trinajstić information content (AvgIpc) is 3.27. The zero-order chi connectivity index (χ0) is 22.0. The molecule has 6 nitrogen and oxygen atoms in total. The second-order valence-corrected chi connectivity index (χ2v) is 6.43. The van der Waals surface area contributed by atoms with Crippen molar-refractivity contribution in [3.63, 3.8) is 0 Å². The van der Waals surface area contributed by atoms with Crippen LogP contribution in [0.25, 0.3) is 11.0 Å². The van der Waals surface area contributed by atoms with Crippen LogP contribution < -0.4 is 15.0 Å². The summed E-state index contributed by atoms with van der Waals surface area (Å²) < 4.78 is 46.7. The molecule has 1 aromatic carbocycles. The second-order valence-electron chi connectivity index (χ2n) is 6.43. The number of benzene rings is 1. The van der Waals surface area contributed by atoms with Crippen LogP contribution in [0.2, 0.25) is 0 Å². The third-order valence-corrected chi connectivity index (χ3v) is 4.25. The van der Waals surface area contributed by atoms with Crippen LogP contribution in [0, 0.1) is 0 Å². The molecule has 0 spiro atoms. The lowest BCUT2D eigenvalue weighted by Gasteiger charge is -2.09. The van der Waals surface area contributed by atoms with Crippen molar-refractivity contribution in [3.8, 4) is 5.75 Å². The highest BCUT2D eigenvalue weighted by atomic mass is 19.4. The first-order chi connectivity index (χ1) is 13.7. The lowest BCUT2D eigenvalue weighted by atomic mass is 10.2. The number of rotatable bonds is 6. The normalized spacial score (nSPS) is 16.1. The monoisotopic (exact) mass is 420 g/mol. The molecule has 3 N–H and O–H groups in total. The Balaban J connectivity index is 0.000000527. The number of nitrogens with zero attached hydrogens (tertiary/aromatic N) is 2. The Morgan fingerprint density at radius 3 is 2.52 bits per heavy atom. The van der Waals surface area contributed by atoms with Gasteiger partial charge in [0.25, 0.3) is 5.82 Å². The second kappa shape index (κ2) is 12.0. The smallest absolute Gasteiger partial charge is 0.386 e. The summed E-state index contributed by atoms with van der Waals surface area (Å²) in [7, 11) is 2.03. The number of fused-ring (bicyclic) bond motifs is 1. The first-order valence-corrected chi connectivity index (χ1v) is 9.87. The van der Waals surface area contributed by atoms with E-state index in [1.54, 1.807) is 0 Å². The summed E-state index contributed by atoms with van der Waals surface area (Å²) in [5.74, 6) is 1.83. The summed E-state index contributed by atoms with van der Waals surface area (Å²) in [5.41, 5.74) is 8.17.